The third-order valence-electron chi connectivity index (χ3n) is 5.62. The van der Waals surface area contributed by atoms with Crippen LogP contribution < -0.4 is 10.8 Å². The molecule has 0 spiro atoms. The monoisotopic (exact) mass is 383 g/mol. The maximum absolute atomic E-state index is 14.9. The van der Waals surface area contributed by atoms with Crippen LogP contribution in [0.4, 0.5) is 8.78 Å². The second-order valence-electron chi connectivity index (χ2n) is 7.35. The number of hydroxylamine groups is 1. The van der Waals surface area contributed by atoms with Gasteiger partial charge in [-0.25, -0.2) is 14.3 Å². The van der Waals surface area contributed by atoms with Crippen molar-refractivity contribution >= 4 is 16.8 Å². The summed E-state index contributed by atoms with van der Waals surface area (Å²) >= 11 is 0. The van der Waals surface area contributed by atoms with Crippen molar-refractivity contribution in [3.63, 3.8) is 0 Å². The lowest BCUT2D eigenvalue weighted by molar-refractivity contribution is 0.0255. The molecule has 0 unspecified atom stereocenters. The first-order chi connectivity index (χ1) is 13.6. The molecule has 2 aromatic carbocycles. The maximum Gasteiger partial charge on any atom is 0.275 e. The number of rotatable bonds is 2. The molecule has 0 saturated carbocycles. The molecule has 3 N–H and O–H groups in total. The van der Waals surface area contributed by atoms with Crippen LogP contribution >= 0.6 is 0 Å². The van der Waals surface area contributed by atoms with E-state index in [1.165, 1.54) is 18.2 Å². The average molecular weight is 383 g/mol. The smallest absolute Gasteiger partial charge is 0.275 e. The van der Waals surface area contributed by atoms with Gasteiger partial charge in [-0.15, -0.1) is 0 Å². The Kier molecular flexibility index (Phi) is 4.14. The summed E-state index contributed by atoms with van der Waals surface area (Å²) in [6.45, 7) is 1.86. The number of H-pyrrole nitrogens is 1. The lowest BCUT2D eigenvalue weighted by Gasteiger charge is -2.23. The van der Waals surface area contributed by atoms with Crippen molar-refractivity contribution in [2.45, 2.75) is 25.4 Å². The molecule has 1 saturated heterocycles. The van der Waals surface area contributed by atoms with Gasteiger partial charge in [0.15, 0.2) is 0 Å². The average Bonchev–Trinajstić information content (AvgIpc) is 2.97. The molecular formula is C21H19F2N3O2. The summed E-state index contributed by atoms with van der Waals surface area (Å²) < 4.78 is 28.9. The Morgan fingerprint density at radius 3 is 2.82 bits per heavy atom. The van der Waals surface area contributed by atoms with Crippen molar-refractivity contribution in [1.29, 1.82) is 0 Å². The van der Waals surface area contributed by atoms with Crippen LogP contribution in [0.3, 0.4) is 0 Å². The molecule has 0 aliphatic carbocycles. The molecule has 28 heavy (non-hydrogen) atoms. The Bertz CT molecular complexity index is 1090. The first-order valence-corrected chi connectivity index (χ1v) is 9.38. The largest absolute Gasteiger partial charge is 0.354 e. The van der Waals surface area contributed by atoms with Gasteiger partial charge in [-0.05, 0) is 49.1 Å². The molecule has 1 amide bonds. The summed E-state index contributed by atoms with van der Waals surface area (Å²) in [5.74, 6) is -1.12. The van der Waals surface area contributed by atoms with Gasteiger partial charge in [0.05, 0.1) is 11.3 Å². The molecule has 5 rings (SSSR count). The minimum Gasteiger partial charge on any atom is -0.354 e. The summed E-state index contributed by atoms with van der Waals surface area (Å²) in [6.07, 6.45) is 2.00. The van der Waals surface area contributed by atoms with Crippen LogP contribution in [0.1, 0.15) is 40.2 Å². The van der Waals surface area contributed by atoms with Crippen molar-refractivity contribution in [2.75, 3.05) is 13.1 Å². The summed E-state index contributed by atoms with van der Waals surface area (Å²) in [5, 5.41) is 3.91. The van der Waals surface area contributed by atoms with Crippen LogP contribution in [-0.4, -0.2) is 24.0 Å². The highest BCUT2D eigenvalue weighted by atomic mass is 19.1. The number of piperidine rings is 1. The van der Waals surface area contributed by atoms with Crippen molar-refractivity contribution in [2.24, 2.45) is 0 Å². The van der Waals surface area contributed by atoms with Gasteiger partial charge in [0.25, 0.3) is 5.91 Å². The quantitative estimate of drug-likeness (QED) is 0.631. The number of aromatic amines is 1. The van der Waals surface area contributed by atoms with Gasteiger partial charge in [0.1, 0.15) is 18.2 Å². The number of aromatic nitrogens is 1. The second kappa shape index (κ2) is 6.68. The van der Waals surface area contributed by atoms with Gasteiger partial charge in [-0.2, -0.15) is 0 Å². The Balaban J connectivity index is 1.63. The van der Waals surface area contributed by atoms with Gasteiger partial charge in [-0.1, -0.05) is 12.1 Å². The highest BCUT2D eigenvalue weighted by molar-refractivity contribution is 6.09. The number of carbonyl (C=O) groups is 1. The molecule has 144 valence electrons. The van der Waals surface area contributed by atoms with E-state index in [0.717, 1.165) is 25.9 Å². The van der Waals surface area contributed by atoms with Crippen LogP contribution in [0.25, 0.3) is 22.2 Å². The van der Waals surface area contributed by atoms with Crippen LogP contribution in [-0.2, 0) is 11.4 Å². The first kappa shape index (κ1) is 17.3. The molecular weight excluding hydrogens is 364 g/mol. The Morgan fingerprint density at radius 1 is 1.14 bits per heavy atom. The fourth-order valence-electron chi connectivity index (χ4n) is 4.30. The van der Waals surface area contributed by atoms with E-state index in [0.29, 0.717) is 33.3 Å². The lowest BCUT2D eigenvalue weighted by atomic mass is 9.90. The molecule has 2 aliphatic heterocycles. The third kappa shape index (κ3) is 2.78. The summed E-state index contributed by atoms with van der Waals surface area (Å²) in [4.78, 5) is 20.6. The van der Waals surface area contributed by atoms with Crippen LogP contribution in [0.15, 0.2) is 30.3 Å². The molecule has 5 nitrogen and oxygen atoms in total. The number of amides is 1. The Morgan fingerprint density at radius 2 is 2.04 bits per heavy atom. The molecule has 0 radical (unpaired) electrons. The van der Waals surface area contributed by atoms with E-state index in [4.69, 9.17) is 4.84 Å². The van der Waals surface area contributed by atoms with E-state index in [9.17, 15) is 13.6 Å². The van der Waals surface area contributed by atoms with Crippen molar-refractivity contribution < 1.29 is 18.4 Å². The summed E-state index contributed by atoms with van der Waals surface area (Å²) in [5.41, 5.74) is 5.68. The van der Waals surface area contributed by atoms with Crippen molar-refractivity contribution in [1.82, 2.24) is 15.8 Å². The fourth-order valence-corrected chi connectivity index (χ4v) is 4.30. The molecule has 1 fully saturated rings. The molecule has 0 bridgehead atoms. The highest BCUT2D eigenvalue weighted by Crippen LogP contribution is 2.36. The molecule has 7 heteroatoms. The van der Waals surface area contributed by atoms with Crippen LogP contribution in [0, 0.1) is 11.6 Å². The van der Waals surface area contributed by atoms with E-state index < -0.39 is 11.7 Å². The predicted molar refractivity (Wildman–Crippen MR) is 101 cm³/mol. The van der Waals surface area contributed by atoms with Gasteiger partial charge in [-0.3, -0.25) is 9.63 Å². The topological polar surface area (TPSA) is 66.2 Å². The van der Waals surface area contributed by atoms with Gasteiger partial charge in [0.2, 0.25) is 0 Å². The van der Waals surface area contributed by atoms with Gasteiger partial charge < -0.3 is 10.3 Å². The number of hydrogen-bond acceptors (Lipinski definition) is 3. The van der Waals surface area contributed by atoms with Crippen LogP contribution in [0.5, 0.6) is 0 Å². The molecule has 3 heterocycles. The van der Waals surface area contributed by atoms with E-state index in [-0.39, 0.29) is 23.9 Å². The number of halogens is 2. The van der Waals surface area contributed by atoms with E-state index in [1.807, 2.05) is 12.1 Å². The summed E-state index contributed by atoms with van der Waals surface area (Å²) in [6, 6.07) is 7.71. The zero-order valence-corrected chi connectivity index (χ0v) is 15.1. The van der Waals surface area contributed by atoms with E-state index in [1.54, 1.807) is 0 Å². The number of benzene rings is 2. The van der Waals surface area contributed by atoms with E-state index in [2.05, 4.69) is 15.8 Å². The van der Waals surface area contributed by atoms with E-state index >= 15 is 0 Å². The number of hydrogen-bond donors (Lipinski definition) is 3. The molecule has 3 aromatic rings. The van der Waals surface area contributed by atoms with Crippen molar-refractivity contribution in [3.05, 3.63) is 58.7 Å². The molecule has 1 aromatic heterocycles. The first-order valence-electron chi connectivity index (χ1n) is 9.38. The van der Waals surface area contributed by atoms with Gasteiger partial charge in [0, 0.05) is 28.6 Å². The second-order valence-corrected chi connectivity index (χ2v) is 7.35. The van der Waals surface area contributed by atoms with Gasteiger partial charge >= 0.3 is 0 Å². The standard InChI is InChI=1S/C21H19F2N3O2/c22-13-7-15-19-16(10-28-26-21(15)27)20(25-18(19)8-13)11-3-4-14(17(23)6-11)12-2-1-5-24-9-12/h3-4,6-8,12,24-25H,1-2,5,9-10H2,(H,26,27)/t12-/m1/s1. The minimum atomic E-state index is -0.523. The maximum atomic E-state index is 14.9. The van der Waals surface area contributed by atoms with Crippen LogP contribution in [0.2, 0.25) is 0 Å². The Hall–Kier alpha value is -2.77. The normalized spacial score (nSPS) is 19.5. The third-order valence-corrected chi connectivity index (χ3v) is 5.62. The Labute approximate surface area is 160 Å². The summed E-state index contributed by atoms with van der Waals surface area (Å²) in [7, 11) is 0. The number of nitrogens with one attached hydrogen (secondary N) is 3. The number of carbonyl (C=O) groups excluding carboxylic acids is 1. The lowest BCUT2D eigenvalue weighted by Crippen LogP contribution is -2.28. The SMILES string of the molecule is O=C1NOCc2c(-c3ccc([C@@H]4CCCNC4)c(F)c3)[nH]c3cc(F)cc1c23. The molecule has 1 atom stereocenters. The minimum absolute atomic E-state index is 0.107. The van der Waals surface area contributed by atoms with Crippen molar-refractivity contribution in [3.8, 4) is 11.3 Å². The highest BCUT2D eigenvalue weighted by Gasteiger charge is 2.25. The zero-order chi connectivity index (χ0) is 19.3. The molecule has 2 aliphatic rings. The zero-order valence-electron chi connectivity index (χ0n) is 15.1. The predicted octanol–water partition coefficient (Wildman–Crippen LogP) is 3.76. The fraction of sp³-hybridized carbons (Fsp3) is 0.286.